The molecule has 4 bridgehead atoms. The van der Waals surface area contributed by atoms with Gasteiger partial charge in [0.1, 0.15) is 5.75 Å². The van der Waals surface area contributed by atoms with E-state index in [1.54, 1.807) is 6.07 Å². The Morgan fingerprint density at radius 1 is 1.39 bits per heavy atom. The molecule has 1 N–H and O–H groups in total. The fourth-order valence-corrected chi connectivity index (χ4v) is 5.13. The molecule has 0 spiro atoms. The largest absolute Gasteiger partial charge is 0.508 e. The van der Waals surface area contributed by atoms with Gasteiger partial charge in [-0.2, -0.15) is 0 Å². The molecule has 5 atom stereocenters. The maximum atomic E-state index is 9.91. The second kappa shape index (κ2) is 4.68. The molecule has 0 amide bonds. The molecule has 4 heteroatoms. The number of hydrogen-bond donors (Lipinski definition) is 1. The van der Waals surface area contributed by atoms with Crippen molar-refractivity contribution in [2.24, 2.45) is 5.92 Å². The van der Waals surface area contributed by atoms with Gasteiger partial charge in [-0.3, -0.25) is 9.88 Å². The molecule has 23 heavy (non-hydrogen) atoms. The van der Waals surface area contributed by atoms with Crippen LogP contribution in [-0.2, 0) is 4.74 Å². The summed E-state index contributed by atoms with van der Waals surface area (Å²) in [5.74, 6) is 1.00. The quantitative estimate of drug-likeness (QED) is 0.925. The zero-order valence-electron chi connectivity index (χ0n) is 13.4. The van der Waals surface area contributed by atoms with Gasteiger partial charge in [-0.15, -0.1) is 0 Å². The number of nitrogens with zero attached hydrogens (tertiary/aromatic N) is 2. The van der Waals surface area contributed by atoms with Crippen LogP contribution >= 0.6 is 0 Å². The Morgan fingerprint density at radius 2 is 2.30 bits per heavy atom. The topological polar surface area (TPSA) is 45.6 Å². The number of aromatic nitrogens is 1. The summed E-state index contributed by atoms with van der Waals surface area (Å²) < 4.78 is 6.74. The monoisotopic (exact) mass is 310 g/mol. The van der Waals surface area contributed by atoms with Crippen molar-refractivity contribution in [1.29, 1.82) is 0 Å². The molecule has 5 fully saturated rings. The Kier molecular flexibility index (Phi) is 2.80. The fraction of sp³-hybridized carbons (Fsp3) is 0.526. The molecule has 5 aliphatic rings. The highest BCUT2D eigenvalue weighted by Crippen LogP contribution is 2.54. The number of phenols is 1. The highest BCUT2D eigenvalue weighted by Gasteiger charge is 2.58. The second-order valence-corrected chi connectivity index (χ2v) is 7.32. The Hall–Kier alpha value is -1.65. The molecule has 5 saturated heterocycles. The van der Waals surface area contributed by atoms with Crippen molar-refractivity contribution in [3.05, 3.63) is 36.0 Å². The minimum atomic E-state index is 0.0179. The van der Waals surface area contributed by atoms with Crippen LogP contribution in [0.1, 0.15) is 37.9 Å². The van der Waals surface area contributed by atoms with Crippen LogP contribution in [0.4, 0.5) is 0 Å². The molecule has 0 aliphatic carbocycles. The Labute approximate surface area is 136 Å². The van der Waals surface area contributed by atoms with Crippen LogP contribution < -0.4 is 0 Å². The average Bonchev–Trinajstić information content (AvgIpc) is 2.61. The van der Waals surface area contributed by atoms with Crippen molar-refractivity contribution in [2.45, 2.75) is 43.9 Å². The van der Waals surface area contributed by atoms with Gasteiger partial charge >= 0.3 is 0 Å². The van der Waals surface area contributed by atoms with Gasteiger partial charge in [0.25, 0.3) is 0 Å². The normalized spacial score (nSPS) is 38.3. The van der Waals surface area contributed by atoms with E-state index in [0.29, 0.717) is 17.7 Å². The van der Waals surface area contributed by atoms with E-state index in [1.165, 1.54) is 24.9 Å². The highest BCUT2D eigenvalue weighted by atomic mass is 16.5. The molecule has 1 unspecified atom stereocenters. The molecule has 0 saturated carbocycles. The number of ether oxygens (including phenoxy) is 1. The molecule has 120 valence electrons. The number of hydrogen-bond acceptors (Lipinski definition) is 4. The number of piperidine rings is 3. The summed E-state index contributed by atoms with van der Waals surface area (Å²) in [5.41, 5.74) is 2.12. The minimum Gasteiger partial charge on any atom is -0.508 e. The summed E-state index contributed by atoms with van der Waals surface area (Å²) in [6.45, 7) is 4.55. The maximum Gasteiger partial charge on any atom is 0.116 e. The van der Waals surface area contributed by atoms with E-state index < -0.39 is 0 Å². The van der Waals surface area contributed by atoms with E-state index >= 15 is 0 Å². The van der Waals surface area contributed by atoms with E-state index in [2.05, 4.69) is 22.9 Å². The van der Waals surface area contributed by atoms with Crippen molar-refractivity contribution in [3.8, 4) is 5.75 Å². The molecule has 4 nitrogen and oxygen atoms in total. The lowest BCUT2D eigenvalue weighted by Crippen LogP contribution is -2.70. The number of benzene rings is 1. The van der Waals surface area contributed by atoms with Crippen LogP contribution in [0, 0.1) is 5.92 Å². The van der Waals surface area contributed by atoms with Gasteiger partial charge in [0.2, 0.25) is 0 Å². The lowest BCUT2D eigenvalue weighted by atomic mass is 9.66. The molecular formula is C19H22N2O2. The summed E-state index contributed by atoms with van der Waals surface area (Å²) in [6, 6.07) is 7.96. The van der Waals surface area contributed by atoms with E-state index in [-0.39, 0.29) is 11.7 Å². The average molecular weight is 310 g/mol. The zero-order valence-corrected chi connectivity index (χ0v) is 13.4. The first-order valence-corrected chi connectivity index (χ1v) is 8.70. The third-order valence-electron chi connectivity index (χ3n) is 6.35. The highest BCUT2D eigenvalue weighted by molar-refractivity contribution is 5.83. The van der Waals surface area contributed by atoms with Crippen molar-refractivity contribution >= 4 is 10.9 Å². The predicted octanol–water partition coefficient (Wildman–Crippen LogP) is 3.25. The van der Waals surface area contributed by atoms with Crippen molar-refractivity contribution in [2.75, 3.05) is 13.1 Å². The molecule has 2 aromatic rings. The van der Waals surface area contributed by atoms with Gasteiger partial charge in [-0.05, 0) is 61.6 Å². The summed E-state index contributed by atoms with van der Waals surface area (Å²) >= 11 is 0. The molecule has 6 heterocycles. The van der Waals surface area contributed by atoms with Crippen LogP contribution in [0.15, 0.2) is 30.5 Å². The molecule has 1 aromatic carbocycles. The zero-order chi connectivity index (χ0) is 15.6. The molecule has 0 radical (unpaired) electrons. The SMILES string of the molecule is CC[C@@]12CN3CC[C@H]1C[C@@H]3[C@H](c1ccnc3ccc(O)cc13)O2. The molecule has 5 aliphatic heterocycles. The van der Waals surface area contributed by atoms with Gasteiger partial charge in [0, 0.05) is 24.2 Å². The summed E-state index contributed by atoms with van der Waals surface area (Å²) in [4.78, 5) is 7.08. The number of phenolic OH excluding ortho intramolecular Hbond substituents is 1. The lowest BCUT2D eigenvalue weighted by molar-refractivity contribution is -0.274. The number of aromatic hydroxyl groups is 1. The Balaban J connectivity index is 1.64. The first-order valence-electron chi connectivity index (χ1n) is 8.70. The van der Waals surface area contributed by atoms with Gasteiger partial charge in [-0.1, -0.05) is 6.92 Å². The molecular weight excluding hydrogens is 288 g/mol. The van der Waals surface area contributed by atoms with Gasteiger partial charge in [0.15, 0.2) is 0 Å². The number of rotatable bonds is 2. The summed E-state index contributed by atoms with van der Waals surface area (Å²) in [7, 11) is 0. The van der Waals surface area contributed by atoms with Gasteiger partial charge in [0.05, 0.1) is 17.2 Å². The van der Waals surface area contributed by atoms with Crippen LogP contribution in [0.25, 0.3) is 10.9 Å². The second-order valence-electron chi connectivity index (χ2n) is 7.32. The number of pyridine rings is 1. The predicted molar refractivity (Wildman–Crippen MR) is 88.3 cm³/mol. The third kappa shape index (κ3) is 1.82. The number of fused-ring (bicyclic) bond motifs is 3. The lowest BCUT2D eigenvalue weighted by Gasteiger charge is -2.64. The van der Waals surface area contributed by atoms with E-state index in [1.807, 2.05) is 18.3 Å². The van der Waals surface area contributed by atoms with Crippen LogP contribution in [-0.4, -0.2) is 39.7 Å². The first-order chi connectivity index (χ1) is 11.2. The molecule has 7 rings (SSSR count). The standard InChI is InChI=1S/C19H22N2O2/c1-2-19-11-21-8-6-12(19)9-17(21)18(23-19)14-5-7-20-16-4-3-13(22)10-15(14)16/h3-5,7,10,12,17-18,22H,2,6,8-9,11H2,1H3/t12-,17+,18-,19+/m0/s1. The van der Waals surface area contributed by atoms with Crippen molar-refractivity contribution in [1.82, 2.24) is 9.88 Å². The van der Waals surface area contributed by atoms with Gasteiger partial charge < -0.3 is 9.84 Å². The molecule has 1 aromatic heterocycles. The summed E-state index contributed by atoms with van der Waals surface area (Å²) in [5, 5.41) is 10.9. The van der Waals surface area contributed by atoms with Crippen LogP contribution in [0.3, 0.4) is 0 Å². The van der Waals surface area contributed by atoms with Crippen molar-refractivity contribution in [3.63, 3.8) is 0 Å². The van der Waals surface area contributed by atoms with E-state index in [9.17, 15) is 5.11 Å². The fourth-order valence-electron chi connectivity index (χ4n) is 5.13. The first kappa shape index (κ1) is 13.8. The Bertz CT molecular complexity index is 777. The Morgan fingerprint density at radius 3 is 3.09 bits per heavy atom. The maximum absolute atomic E-state index is 9.91. The van der Waals surface area contributed by atoms with E-state index in [4.69, 9.17) is 4.74 Å². The smallest absolute Gasteiger partial charge is 0.116 e. The van der Waals surface area contributed by atoms with Gasteiger partial charge in [-0.25, -0.2) is 0 Å². The summed E-state index contributed by atoms with van der Waals surface area (Å²) in [6.07, 6.45) is 5.54. The van der Waals surface area contributed by atoms with Crippen molar-refractivity contribution < 1.29 is 9.84 Å². The van der Waals surface area contributed by atoms with Crippen LogP contribution in [0.5, 0.6) is 5.75 Å². The van der Waals surface area contributed by atoms with Crippen LogP contribution in [0.2, 0.25) is 0 Å². The van der Waals surface area contributed by atoms with E-state index in [0.717, 1.165) is 23.9 Å². The third-order valence-corrected chi connectivity index (χ3v) is 6.35. The number of morpholine rings is 1. The minimum absolute atomic E-state index is 0.0179.